The minimum Gasteiger partial charge on any atom is -0.444 e. The van der Waals surface area contributed by atoms with Crippen molar-refractivity contribution in [3.05, 3.63) is 53.9 Å². The van der Waals surface area contributed by atoms with Crippen LogP contribution in [0.5, 0.6) is 0 Å². The van der Waals surface area contributed by atoms with E-state index in [1.54, 1.807) is 0 Å². The van der Waals surface area contributed by atoms with Crippen LogP contribution in [-0.4, -0.2) is 57.9 Å². The number of aromatic nitrogens is 1. The summed E-state index contributed by atoms with van der Waals surface area (Å²) in [6.45, 7) is 4.58. The SMILES string of the molecule is CC(C)(C)OC(=O)N1C[C@H]2C[C@H]2[C@@H]1C(=O)N(c1ccc(S(F)(F)(F)(F)F)cc1)C(C(=O)NC1CCC(F)(F)CC1)c1cnccc1C(F)(F)F. The summed E-state index contributed by atoms with van der Waals surface area (Å²) in [5, 5.41) is 2.40. The van der Waals surface area contributed by atoms with E-state index in [4.69, 9.17) is 4.74 Å². The van der Waals surface area contributed by atoms with Crippen LogP contribution in [-0.2, 0) is 20.5 Å². The van der Waals surface area contributed by atoms with Crippen LogP contribution < -0.4 is 10.2 Å². The first-order chi connectivity index (χ1) is 22.6. The molecule has 1 N–H and O–H groups in total. The van der Waals surface area contributed by atoms with Crippen LogP contribution in [0.3, 0.4) is 0 Å². The Kier molecular flexibility index (Phi) is 8.72. The number of benzene rings is 1. The summed E-state index contributed by atoms with van der Waals surface area (Å²) in [5.74, 6) is -6.45. The number of nitrogens with zero attached hydrogens (tertiary/aromatic N) is 3. The summed E-state index contributed by atoms with van der Waals surface area (Å²) in [4.78, 5) is 44.8. The molecule has 278 valence electrons. The second-order valence-electron chi connectivity index (χ2n) is 13.9. The van der Waals surface area contributed by atoms with Crippen molar-refractivity contribution < 1.29 is 60.5 Å². The Morgan fingerprint density at radius 3 is 2.14 bits per heavy atom. The molecule has 5 rings (SSSR count). The molecular weight excluding hydrogens is 714 g/mol. The van der Waals surface area contributed by atoms with Crippen LogP contribution in [0.15, 0.2) is 47.6 Å². The van der Waals surface area contributed by atoms with Gasteiger partial charge in [0.15, 0.2) is 0 Å². The highest BCUT2D eigenvalue weighted by Crippen LogP contribution is 3.02. The van der Waals surface area contributed by atoms with E-state index in [0.29, 0.717) is 35.7 Å². The Bertz CT molecular complexity index is 1660. The number of rotatable bonds is 7. The van der Waals surface area contributed by atoms with Gasteiger partial charge in [0.25, 0.3) is 5.91 Å². The van der Waals surface area contributed by atoms with E-state index in [1.165, 1.54) is 20.8 Å². The molecule has 1 aromatic carbocycles. The number of pyridine rings is 1. The molecule has 2 saturated carbocycles. The number of ether oxygens (including phenoxy) is 1. The zero-order valence-electron chi connectivity index (χ0n) is 26.8. The van der Waals surface area contributed by atoms with Gasteiger partial charge in [-0.05, 0) is 82.2 Å². The molecule has 1 aromatic heterocycles. The fourth-order valence-electron chi connectivity index (χ4n) is 6.44. The third kappa shape index (κ3) is 8.23. The van der Waals surface area contributed by atoms with Crippen LogP contribution in [0.2, 0.25) is 0 Å². The number of amides is 3. The molecule has 8 nitrogen and oxygen atoms in total. The molecule has 3 fully saturated rings. The number of nitrogens with one attached hydrogen (secondary N) is 1. The van der Waals surface area contributed by atoms with E-state index in [1.807, 2.05) is 0 Å². The number of carbonyl (C=O) groups excluding carboxylic acids is 3. The molecule has 0 radical (unpaired) electrons. The number of hydrogen-bond acceptors (Lipinski definition) is 5. The summed E-state index contributed by atoms with van der Waals surface area (Å²) in [5.41, 5.74) is -4.17. The standard InChI is InChI=1S/C31H34F10N4O4S/c1-29(2,3)49-28(48)44-16-17-14-21(17)25(44)27(47)45(19-4-6-20(7-5-19)50(37,38,39,40)41)24(22-15-42-13-10-23(22)31(34,35)36)26(46)43-18-8-11-30(32,33)12-9-18/h4-7,10,13,15,17-18,21,24-25H,8-9,11-12,14,16H2,1-3H3,(H,43,46)/t17-,21-,24?,25-/m1/s1. The first-order valence-corrected chi connectivity index (χ1v) is 17.5. The lowest BCUT2D eigenvalue weighted by Crippen LogP contribution is -2.55. The lowest BCUT2D eigenvalue weighted by molar-refractivity contribution is -0.139. The van der Waals surface area contributed by atoms with E-state index in [0.717, 1.165) is 11.1 Å². The fourth-order valence-corrected chi connectivity index (χ4v) is 7.10. The van der Waals surface area contributed by atoms with Crippen molar-refractivity contribution in [2.75, 3.05) is 11.4 Å². The third-order valence-electron chi connectivity index (χ3n) is 8.85. The third-order valence-corrected chi connectivity index (χ3v) is 10.0. The number of hydrogen-bond donors (Lipinski definition) is 1. The molecule has 1 saturated heterocycles. The Morgan fingerprint density at radius 1 is 1.00 bits per heavy atom. The molecule has 0 bridgehead atoms. The smallest absolute Gasteiger partial charge is 0.416 e. The molecule has 1 aliphatic heterocycles. The van der Waals surface area contributed by atoms with Crippen molar-refractivity contribution in [3.8, 4) is 0 Å². The van der Waals surface area contributed by atoms with E-state index in [2.05, 4.69) is 10.3 Å². The first kappa shape index (κ1) is 37.5. The van der Waals surface area contributed by atoms with Gasteiger partial charge >= 0.3 is 22.5 Å². The van der Waals surface area contributed by atoms with E-state index < -0.39 is 104 Å². The van der Waals surface area contributed by atoms with Gasteiger partial charge in [0.05, 0.1) is 5.56 Å². The predicted octanol–water partition coefficient (Wildman–Crippen LogP) is 8.78. The molecule has 4 atom stereocenters. The lowest BCUT2D eigenvalue weighted by atomic mass is 9.91. The van der Waals surface area contributed by atoms with Gasteiger partial charge in [-0.2, -0.15) is 13.2 Å². The molecule has 2 aromatic rings. The minimum absolute atomic E-state index is 0.0270. The van der Waals surface area contributed by atoms with Gasteiger partial charge < -0.3 is 10.1 Å². The predicted molar refractivity (Wildman–Crippen MR) is 161 cm³/mol. The Balaban J connectivity index is 1.67. The Labute approximate surface area is 280 Å². The summed E-state index contributed by atoms with van der Waals surface area (Å²) in [6, 6.07) is -3.68. The first-order valence-electron chi connectivity index (χ1n) is 15.5. The lowest BCUT2D eigenvalue weighted by Gasteiger charge is -2.41. The summed E-state index contributed by atoms with van der Waals surface area (Å²) < 4.78 is 145. The maximum absolute atomic E-state index is 14.7. The highest BCUT2D eigenvalue weighted by Gasteiger charge is 2.65. The quantitative estimate of drug-likeness (QED) is 0.286. The monoisotopic (exact) mass is 748 g/mol. The number of anilines is 1. The van der Waals surface area contributed by atoms with Crippen LogP contribution in [0.25, 0.3) is 0 Å². The second-order valence-corrected chi connectivity index (χ2v) is 16.3. The average molecular weight is 749 g/mol. The van der Waals surface area contributed by atoms with Crippen molar-refractivity contribution in [1.82, 2.24) is 15.2 Å². The maximum atomic E-state index is 14.7. The highest BCUT2D eigenvalue weighted by atomic mass is 32.5. The molecule has 19 heteroatoms. The Hall–Kier alpha value is -3.77. The van der Waals surface area contributed by atoms with Crippen molar-refractivity contribution in [2.45, 2.75) is 93.6 Å². The van der Waals surface area contributed by atoms with Gasteiger partial charge in [-0.25, -0.2) is 13.6 Å². The molecule has 50 heavy (non-hydrogen) atoms. The van der Waals surface area contributed by atoms with Gasteiger partial charge in [0.2, 0.25) is 11.8 Å². The summed E-state index contributed by atoms with van der Waals surface area (Å²) in [7, 11) is -10.3. The van der Waals surface area contributed by atoms with Gasteiger partial charge in [-0.3, -0.25) is 24.4 Å². The van der Waals surface area contributed by atoms with Crippen LogP contribution in [0, 0.1) is 11.8 Å². The molecule has 1 unspecified atom stereocenters. The van der Waals surface area contributed by atoms with E-state index in [-0.39, 0.29) is 37.4 Å². The number of alkyl halides is 5. The van der Waals surface area contributed by atoms with Crippen LogP contribution >= 0.6 is 10.2 Å². The number of piperidine rings is 1. The minimum atomic E-state index is -10.3. The number of fused-ring (bicyclic) bond motifs is 1. The van der Waals surface area contributed by atoms with Gasteiger partial charge in [-0.1, -0.05) is 19.4 Å². The maximum Gasteiger partial charge on any atom is 0.416 e. The molecular formula is C31H34F10N4O4S. The van der Waals surface area contributed by atoms with Crippen molar-refractivity contribution in [1.29, 1.82) is 0 Å². The summed E-state index contributed by atoms with van der Waals surface area (Å²) in [6.07, 6.45) is -6.35. The highest BCUT2D eigenvalue weighted by molar-refractivity contribution is 8.45. The van der Waals surface area contributed by atoms with E-state index >= 15 is 0 Å². The van der Waals surface area contributed by atoms with Gasteiger partial charge in [0, 0.05) is 49.1 Å². The molecule has 2 heterocycles. The largest absolute Gasteiger partial charge is 0.444 e. The van der Waals surface area contributed by atoms with Crippen molar-refractivity contribution in [3.63, 3.8) is 0 Å². The van der Waals surface area contributed by atoms with Crippen molar-refractivity contribution in [2.24, 2.45) is 11.8 Å². The van der Waals surface area contributed by atoms with Crippen LogP contribution in [0.1, 0.15) is 70.0 Å². The topological polar surface area (TPSA) is 91.8 Å². The number of carbonyl (C=O) groups is 3. The molecule has 3 aliphatic rings. The number of halogens is 10. The average Bonchev–Trinajstić information content (AvgIpc) is 3.63. The van der Waals surface area contributed by atoms with Crippen molar-refractivity contribution >= 4 is 33.8 Å². The fraction of sp³-hybridized carbons (Fsp3) is 0.548. The zero-order chi connectivity index (χ0) is 37.3. The number of likely N-dealkylation sites (tertiary alicyclic amines) is 1. The van der Waals surface area contributed by atoms with E-state index in [9.17, 15) is 55.8 Å². The normalized spacial score (nSPS) is 24.3. The van der Waals surface area contributed by atoms with Crippen LogP contribution in [0.4, 0.5) is 51.9 Å². The second kappa shape index (κ2) is 11.6. The van der Waals surface area contributed by atoms with Gasteiger partial charge in [0.1, 0.15) is 22.6 Å². The Morgan fingerprint density at radius 2 is 1.60 bits per heavy atom. The summed E-state index contributed by atoms with van der Waals surface area (Å²) >= 11 is 0. The molecule has 0 spiro atoms. The zero-order valence-corrected chi connectivity index (χ0v) is 27.6. The molecule has 3 amide bonds. The van der Waals surface area contributed by atoms with Gasteiger partial charge in [-0.15, -0.1) is 0 Å². The molecule has 2 aliphatic carbocycles.